The molecule has 0 fully saturated rings. The van der Waals surface area contributed by atoms with Crippen molar-refractivity contribution in [1.82, 2.24) is 0 Å². The molecule has 2 aromatic rings. The SMILES string of the molecule is C=C(C)[C@@H]1CCC(C)=CC1c1c(O)c(Br)c(CCCCC)c(Br)c1O.C=C(C)[C@@H]1CCC(C)=CC1c1c(O)cc(CCCCC)cc1O. The van der Waals surface area contributed by atoms with Crippen molar-refractivity contribution in [2.24, 2.45) is 11.8 Å². The molecule has 0 spiro atoms. The van der Waals surface area contributed by atoms with E-state index in [0.29, 0.717) is 20.1 Å². The molecule has 6 heteroatoms. The molecule has 48 heavy (non-hydrogen) atoms. The van der Waals surface area contributed by atoms with Gasteiger partial charge in [-0.2, -0.15) is 0 Å². The maximum Gasteiger partial charge on any atom is 0.137 e. The van der Waals surface area contributed by atoms with Crippen LogP contribution in [0.1, 0.15) is 140 Å². The molecule has 0 saturated heterocycles. The Bertz CT molecular complexity index is 1470. The minimum absolute atomic E-state index is 0.0194. The summed E-state index contributed by atoms with van der Waals surface area (Å²) in [7, 11) is 0. The van der Waals surface area contributed by atoms with E-state index < -0.39 is 0 Å². The van der Waals surface area contributed by atoms with Crippen LogP contribution in [-0.4, -0.2) is 20.4 Å². The molecule has 2 aliphatic carbocycles. The molecular formula is C42H58Br2O4. The lowest BCUT2D eigenvalue weighted by Crippen LogP contribution is -2.17. The molecule has 2 aliphatic rings. The topological polar surface area (TPSA) is 80.9 Å². The second-order valence-corrected chi connectivity index (χ2v) is 15.8. The van der Waals surface area contributed by atoms with Gasteiger partial charge in [0.05, 0.1) is 8.95 Å². The summed E-state index contributed by atoms with van der Waals surface area (Å²) < 4.78 is 1.39. The second kappa shape index (κ2) is 18.5. The zero-order valence-electron chi connectivity index (χ0n) is 30.1. The number of hydrogen-bond acceptors (Lipinski definition) is 4. The van der Waals surface area contributed by atoms with Gasteiger partial charge in [0.1, 0.15) is 23.0 Å². The van der Waals surface area contributed by atoms with Crippen molar-refractivity contribution in [3.63, 3.8) is 0 Å². The van der Waals surface area contributed by atoms with E-state index in [1.807, 2.05) is 26.0 Å². The first-order valence-corrected chi connectivity index (χ1v) is 19.4. The average molecular weight is 787 g/mol. The molecule has 0 amide bonds. The van der Waals surface area contributed by atoms with Gasteiger partial charge in [-0.05, 0) is 146 Å². The first-order chi connectivity index (χ1) is 22.7. The normalized spacial score (nSPS) is 20.8. The summed E-state index contributed by atoms with van der Waals surface area (Å²) in [6, 6.07) is 3.66. The molecule has 2 aromatic carbocycles. The van der Waals surface area contributed by atoms with Gasteiger partial charge in [-0.3, -0.25) is 0 Å². The summed E-state index contributed by atoms with van der Waals surface area (Å²) in [4.78, 5) is 0. The van der Waals surface area contributed by atoms with Gasteiger partial charge in [-0.1, -0.05) is 87.1 Å². The number of benzene rings is 2. The van der Waals surface area contributed by atoms with E-state index in [-0.39, 0.29) is 46.7 Å². The average Bonchev–Trinajstić information content (AvgIpc) is 3.02. The molecule has 0 radical (unpaired) electrons. The summed E-state index contributed by atoms with van der Waals surface area (Å²) in [5, 5.41) is 42.9. The minimum atomic E-state index is -0.0523. The maximum atomic E-state index is 10.9. The molecule has 4 rings (SSSR count). The van der Waals surface area contributed by atoms with Gasteiger partial charge in [0, 0.05) is 23.0 Å². The Morgan fingerprint density at radius 1 is 0.688 bits per heavy atom. The van der Waals surface area contributed by atoms with Crippen molar-refractivity contribution in [3.8, 4) is 23.0 Å². The largest absolute Gasteiger partial charge is 0.507 e. The number of rotatable bonds is 12. The lowest BCUT2D eigenvalue weighted by Gasteiger charge is -2.32. The number of aromatic hydroxyl groups is 4. The Balaban J connectivity index is 0.000000261. The summed E-state index contributed by atoms with van der Waals surface area (Å²) in [5.74, 6) is 1.24. The highest BCUT2D eigenvalue weighted by Gasteiger charge is 2.33. The van der Waals surface area contributed by atoms with Crippen LogP contribution in [0.15, 0.2) is 68.7 Å². The smallest absolute Gasteiger partial charge is 0.137 e. The summed E-state index contributed by atoms with van der Waals surface area (Å²) in [6.07, 6.45) is 16.9. The molecule has 4 atom stereocenters. The Morgan fingerprint density at radius 3 is 1.52 bits per heavy atom. The third-order valence-corrected chi connectivity index (χ3v) is 11.9. The van der Waals surface area contributed by atoms with E-state index in [9.17, 15) is 20.4 Å². The lowest BCUT2D eigenvalue weighted by molar-refractivity contribution is 0.402. The minimum Gasteiger partial charge on any atom is -0.507 e. The standard InChI is InChI=1S/C21H28Br2O2.C21H30O2/c1-5-6-7-8-15-18(22)20(24)17(21(25)19(15)23)16-11-13(4)9-10-14(16)12(2)3;1-5-6-7-8-16-12-19(22)21(20(23)13-16)18-11-15(4)9-10-17(18)14(2)3/h11,14,16,24-25H,2,5-10H2,1,3-4H3;11-13,17-18,22-23H,2,5-10H2,1,3-4H3/t14-,16?;17-,18?/m00/s1. The van der Waals surface area contributed by atoms with Crippen molar-refractivity contribution in [2.75, 3.05) is 0 Å². The molecule has 2 unspecified atom stereocenters. The molecule has 0 saturated carbocycles. The van der Waals surface area contributed by atoms with Crippen LogP contribution in [0.4, 0.5) is 0 Å². The fraction of sp³-hybridized carbons (Fsp3) is 0.524. The monoisotopic (exact) mass is 784 g/mol. The van der Waals surface area contributed by atoms with Crippen LogP contribution >= 0.6 is 31.9 Å². The predicted molar refractivity (Wildman–Crippen MR) is 209 cm³/mol. The van der Waals surface area contributed by atoms with Crippen molar-refractivity contribution in [2.45, 2.75) is 130 Å². The van der Waals surface area contributed by atoms with E-state index in [1.165, 1.54) is 24.0 Å². The fourth-order valence-electron chi connectivity index (χ4n) is 7.37. The van der Waals surface area contributed by atoms with Gasteiger partial charge in [0.15, 0.2) is 0 Å². The van der Waals surface area contributed by atoms with E-state index >= 15 is 0 Å². The first-order valence-electron chi connectivity index (χ1n) is 17.8. The van der Waals surface area contributed by atoms with E-state index in [4.69, 9.17) is 0 Å². The molecule has 264 valence electrons. The first kappa shape index (κ1) is 40.0. The van der Waals surface area contributed by atoms with E-state index in [1.54, 1.807) is 0 Å². The number of unbranched alkanes of at least 4 members (excludes halogenated alkanes) is 4. The Labute approximate surface area is 307 Å². The van der Waals surface area contributed by atoms with Crippen molar-refractivity contribution >= 4 is 31.9 Å². The maximum absolute atomic E-state index is 10.9. The van der Waals surface area contributed by atoms with Crippen molar-refractivity contribution < 1.29 is 20.4 Å². The summed E-state index contributed by atoms with van der Waals surface area (Å²) in [5.41, 5.74) is 8.03. The van der Waals surface area contributed by atoms with Gasteiger partial charge in [0.25, 0.3) is 0 Å². The van der Waals surface area contributed by atoms with Crippen LogP contribution in [0.25, 0.3) is 0 Å². The molecule has 0 aromatic heterocycles. The van der Waals surface area contributed by atoms with Crippen molar-refractivity contribution in [1.29, 1.82) is 0 Å². The van der Waals surface area contributed by atoms with Crippen LogP contribution in [0.5, 0.6) is 23.0 Å². The third kappa shape index (κ3) is 9.84. The zero-order chi connectivity index (χ0) is 35.7. The van der Waals surface area contributed by atoms with Gasteiger partial charge in [-0.25, -0.2) is 0 Å². The van der Waals surface area contributed by atoms with E-state index in [0.717, 1.165) is 86.5 Å². The third-order valence-electron chi connectivity index (χ3n) is 10.2. The molecule has 0 bridgehead atoms. The van der Waals surface area contributed by atoms with Crippen LogP contribution in [0.2, 0.25) is 0 Å². The summed E-state index contributed by atoms with van der Waals surface area (Å²) in [6.45, 7) is 20.9. The predicted octanol–water partition coefficient (Wildman–Crippen LogP) is 13.2. The summed E-state index contributed by atoms with van der Waals surface area (Å²) >= 11 is 7.15. The van der Waals surface area contributed by atoms with Gasteiger partial charge in [0.2, 0.25) is 0 Å². The van der Waals surface area contributed by atoms with Crippen molar-refractivity contribution in [3.05, 3.63) is 90.9 Å². The molecular weight excluding hydrogens is 728 g/mol. The molecule has 4 nitrogen and oxygen atoms in total. The number of phenolic OH excluding ortho intramolecular Hbond substituents is 4. The van der Waals surface area contributed by atoms with Gasteiger partial charge < -0.3 is 20.4 Å². The molecule has 0 heterocycles. The quantitative estimate of drug-likeness (QED) is 0.128. The van der Waals surface area contributed by atoms with Crippen LogP contribution in [-0.2, 0) is 12.8 Å². The Morgan fingerprint density at radius 2 is 1.10 bits per heavy atom. The van der Waals surface area contributed by atoms with Gasteiger partial charge in [-0.15, -0.1) is 0 Å². The molecule has 4 N–H and O–H groups in total. The highest BCUT2D eigenvalue weighted by Crippen LogP contribution is 2.52. The van der Waals surface area contributed by atoms with Crippen LogP contribution in [0, 0.1) is 11.8 Å². The fourth-order valence-corrected chi connectivity index (χ4v) is 8.86. The lowest BCUT2D eigenvalue weighted by atomic mass is 9.73. The van der Waals surface area contributed by atoms with Crippen LogP contribution < -0.4 is 0 Å². The van der Waals surface area contributed by atoms with Crippen LogP contribution in [0.3, 0.4) is 0 Å². The number of allylic oxidation sites excluding steroid dienone is 6. The highest BCUT2D eigenvalue weighted by molar-refractivity contribution is 9.11. The highest BCUT2D eigenvalue weighted by atomic mass is 79.9. The number of phenols is 4. The zero-order valence-corrected chi connectivity index (χ0v) is 33.2. The van der Waals surface area contributed by atoms with E-state index in [2.05, 4.69) is 84.9 Å². The number of aryl methyl sites for hydroxylation is 1. The van der Waals surface area contributed by atoms with Gasteiger partial charge >= 0.3 is 0 Å². The number of halogens is 2. The number of hydrogen-bond donors (Lipinski definition) is 4. The molecule has 0 aliphatic heterocycles. The Hall–Kier alpha value is -2.44. The second-order valence-electron chi connectivity index (χ2n) is 14.2. The Kier molecular flexibility index (Phi) is 15.4.